The first-order chi connectivity index (χ1) is 15.9. The molecule has 8 nitrogen and oxygen atoms in total. The summed E-state index contributed by atoms with van der Waals surface area (Å²) >= 11 is 5.91. The van der Waals surface area contributed by atoms with Crippen molar-refractivity contribution in [1.82, 2.24) is 19.9 Å². The molecule has 4 rings (SSSR count). The minimum Gasteiger partial charge on any atom is -0.487 e. The van der Waals surface area contributed by atoms with Crippen molar-refractivity contribution < 1.29 is 13.9 Å². The maximum absolute atomic E-state index is 12.3. The fraction of sp³-hybridized carbons (Fsp3) is 0.167. The van der Waals surface area contributed by atoms with Gasteiger partial charge in [-0.25, -0.2) is 9.48 Å². The predicted molar refractivity (Wildman–Crippen MR) is 125 cm³/mol. The van der Waals surface area contributed by atoms with Gasteiger partial charge in [0.05, 0.1) is 12.7 Å². The number of carbonyl (C=O) groups is 1. The molecule has 0 radical (unpaired) electrons. The van der Waals surface area contributed by atoms with Crippen molar-refractivity contribution in [3.8, 4) is 5.75 Å². The molecule has 0 saturated carbocycles. The molecule has 0 atom stereocenters. The Morgan fingerprint density at radius 3 is 2.73 bits per heavy atom. The standard InChI is InChI=1S/C24H21ClN4O4/c1-28(2)10-9-22(30)21-11-17-5-8-20(12-23(17)33-24(21)31)32-15-19-14-29(27-26-19)13-16-3-6-18(25)7-4-16/h3-12,14H,13,15H2,1-2H3/b10-9+. The summed E-state index contributed by atoms with van der Waals surface area (Å²) in [7, 11) is 3.57. The molecule has 168 valence electrons. The topological polar surface area (TPSA) is 90.5 Å². The Morgan fingerprint density at radius 1 is 1.18 bits per heavy atom. The number of rotatable bonds is 8. The lowest BCUT2D eigenvalue weighted by atomic mass is 10.1. The molecule has 0 saturated heterocycles. The highest BCUT2D eigenvalue weighted by molar-refractivity contribution is 6.30. The van der Waals surface area contributed by atoms with Crippen LogP contribution in [-0.4, -0.2) is 39.8 Å². The SMILES string of the molecule is CN(C)/C=C/C(=O)c1cc2ccc(OCc3cn(Cc4ccc(Cl)cc4)nn3)cc2oc1=O. The highest BCUT2D eigenvalue weighted by Crippen LogP contribution is 2.21. The number of benzene rings is 2. The Kier molecular flexibility index (Phi) is 6.55. The van der Waals surface area contributed by atoms with E-state index in [-0.39, 0.29) is 12.2 Å². The van der Waals surface area contributed by atoms with Gasteiger partial charge in [-0.15, -0.1) is 5.10 Å². The first-order valence-corrected chi connectivity index (χ1v) is 10.5. The summed E-state index contributed by atoms with van der Waals surface area (Å²) in [5.74, 6) is 0.0887. The fourth-order valence-electron chi connectivity index (χ4n) is 3.08. The van der Waals surface area contributed by atoms with Crippen LogP contribution in [0, 0.1) is 0 Å². The van der Waals surface area contributed by atoms with E-state index >= 15 is 0 Å². The number of hydrogen-bond donors (Lipinski definition) is 0. The van der Waals surface area contributed by atoms with Crippen molar-refractivity contribution in [2.24, 2.45) is 0 Å². The molecular formula is C24H21ClN4O4. The Hall–Kier alpha value is -3.91. The van der Waals surface area contributed by atoms with Crippen LogP contribution in [0.3, 0.4) is 0 Å². The summed E-state index contributed by atoms with van der Waals surface area (Å²) in [6.45, 7) is 0.762. The van der Waals surface area contributed by atoms with E-state index in [1.165, 1.54) is 12.1 Å². The van der Waals surface area contributed by atoms with Crippen LogP contribution >= 0.6 is 11.6 Å². The zero-order chi connectivity index (χ0) is 23.4. The molecule has 2 heterocycles. The molecule has 9 heteroatoms. The van der Waals surface area contributed by atoms with Crippen molar-refractivity contribution in [1.29, 1.82) is 0 Å². The lowest BCUT2D eigenvalue weighted by molar-refractivity contribution is 0.104. The summed E-state index contributed by atoms with van der Waals surface area (Å²) in [5, 5.41) is 9.54. The van der Waals surface area contributed by atoms with E-state index < -0.39 is 11.4 Å². The second kappa shape index (κ2) is 9.70. The van der Waals surface area contributed by atoms with Gasteiger partial charge in [0, 0.05) is 42.8 Å². The quantitative estimate of drug-likeness (QED) is 0.222. The van der Waals surface area contributed by atoms with Crippen molar-refractivity contribution in [3.05, 3.63) is 99.3 Å². The van der Waals surface area contributed by atoms with Gasteiger partial charge in [0.25, 0.3) is 0 Å². The third kappa shape index (κ3) is 5.67. The molecule has 2 aromatic carbocycles. The second-order valence-electron chi connectivity index (χ2n) is 7.61. The summed E-state index contributed by atoms with van der Waals surface area (Å²) in [6.07, 6.45) is 4.71. The van der Waals surface area contributed by atoms with Crippen LogP contribution < -0.4 is 10.4 Å². The number of fused-ring (bicyclic) bond motifs is 1. The fourth-order valence-corrected chi connectivity index (χ4v) is 3.20. The lowest BCUT2D eigenvalue weighted by Gasteiger charge is -2.06. The van der Waals surface area contributed by atoms with Gasteiger partial charge in [-0.2, -0.15) is 0 Å². The Morgan fingerprint density at radius 2 is 1.97 bits per heavy atom. The monoisotopic (exact) mass is 464 g/mol. The molecule has 0 N–H and O–H groups in total. The number of ketones is 1. The van der Waals surface area contributed by atoms with Crippen LogP contribution in [0.4, 0.5) is 0 Å². The molecular weight excluding hydrogens is 444 g/mol. The van der Waals surface area contributed by atoms with Crippen molar-refractivity contribution >= 4 is 28.4 Å². The molecule has 0 aliphatic heterocycles. The molecule has 0 aliphatic carbocycles. The smallest absolute Gasteiger partial charge is 0.347 e. The molecule has 0 amide bonds. The van der Waals surface area contributed by atoms with Gasteiger partial charge in [0.1, 0.15) is 29.2 Å². The van der Waals surface area contributed by atoms with Gasteiger partial charge in [0.15, 0.2) is 5.78 Å². The number of halogens is 1. The van der Waals surface area contributed by atoms with E-state index in [1.54, 1.807) is 54.3 Å². The normalized spacial score (nSPS) is 11.2. The first-order valence-electron chi connectivity index (χ1n) is 10.1. The maximum atomic E-state index is 12.3. The van der Waals surface area contributed by atoms with E-state index in [9.17, 15) is 9.59 Å². The van der Waals surface area contributed by atoms with Crippen LogP contribution in [0.1, 0.15) is 21.6 Å². The summed E-state index contributed by atoms with van der Waals surface area (Å²) in [5.41, 5.74) is 1.32. The summed E-state index contributed by atoms with van der Waals surface area (Å²) in [6, 6.07) is 14.1. The van der Waals surface area contributed by atoms with Gasteiger partial charge in [-0.05, 0) is 35.9 Å². The number of aromatic nitrogens is 3. The van der Waals surface area contributed by atoms with E-state index in [0.29, 0.717) is 34.0 Å². The highest BCUT2D eigenvalue weighted by atomic mass is 35.5. The van der Waals surface area contributed by atoms with E-state index in [2.05, 4.69) is 10.3 Å². The van der Waals surface area contributed by atoms with Gasteiger partial charge in [-0.1, -0.05) is 28.9 Å². The molecule has 0 bridgehead atoms. The van der Waals surface area contributed by atoms with Gasteiger partial charge in [0.2, 0.25) is 0 Å². The first kappa shape index (κ1) is 22.3. The largest absolute Gasteiger partial charge is 0.487 e. The molecule has 33 heavy (non-hydrogen) atoms. The van der Waals surface area contributed by atoms with Crippen LogP contribution in [0.15, 0.2) is 76.2 Å². The third-order valence-electron chi connectivity index (χ3n) is 4.73. The maximum Gasteiger partial charge on any atom is 0.347 e. The van der Waals surface area contributed by atoms with Crippen molar-refractivity contribution in [3.63, 3.8) is 0 Å². The average Bonchev–Trinajstić information content (AvgIpc) is 3.24. The van der Waals surface area contributed by atoms with Gasteiger partial charge >= 0.3 is 5.63 Å². The Balaban J connectivity index is 1.43. The van der Waals surface area contributed by atoms with Gasteiger partial charge in [-0.3, -0.25) is 4.79 Å². The number of ether oxygens (including phenoxy) is 1. The average molecular weight is 465 g/mol. The molecule has 2 aromatic heterocycles. The van der Waals surface area contributed by atoms with Crippen molar-refractivity contribution in [2.45, 2.75) is 13.2 Å². The molecule has 4 aromatic rings. The number of hydrogen-bond acceptors (Lipinski definition) is 7. The van der Waals surface area contributed by atoms with E-state index in [4.69, 9.17) is 20.8 Å². The zero-order valence-electron chi connectivity index (χ0n) is 18.1. The van der Waals surface area contributed by atoms with Gasteiger partial charge < -0.3 is 14.1 Å². The minimum absolute atomic E-state index is 0.0217. The van der Waals surface area contributed by atoms with E-state index in [0.717, 1.165) is 5.56 Å². The predicted octanol–water partition coefficient (Wildman–Crippen LogP) is 3.92. The summed E-state index contributed by atoms with van der Waals surface area (Å²) in [4.78, 5) is 26.2. The van der Waals surface area contributed by atoms with Crippen LogP contribution in [0.5, 0.6) is 5.75 Å². The molecule has 0 unspecified atom stereocenters. The zero-order valence-corrected chi connectivity index (χ0v) is 18.8. The van der Waals surface area contributed by atoms with Crippen LogP contribution in [-0.2, 0) is 13.2 Å². The van der Waals surface area contributed by atoms with Crippen LogP contribution in [0.25, 0.3) is 11.0 Å². The van der Waals surface area contributed by atoms with E-state index in [1.807, 2.05) is 24.3 Å². The Bertz CT molecular complexity index is 1370. The number of carbonyl (C=O) groups excluding carboxylic acids is 1. The Labute approximate surface area is 194 Å². The molecule has 0 spiro atoms. The second-order valence-corrected chi connectivity index (χ2v) is 8.05. The minimum atomic E-state index is -0.696. The highest BCUT2D eigenvalue weighted by Gasteiger charge is 2.12. The van der Waals surface area contributed by atoms with Crippen molar-refractivity contribution in [2.75, 3.05) is 14.1 Å². The third-order valence-corrected chi connectivity index (χ3v) is 4.98. The molecule has 0 aliphatic rings. The molecule has 0 fully saturated rings. The lowest BCUT2D eigenvalue weighted by Crippen LogP contribution is -2.13. The summed E-state index contributed by atoms with van der Waals surface area (Å²) < 4.78 is 12.8. The number of allylic oxidation sites excluding steroid dienone is 1. The van der Waals surface area contributed by atoms with Crippen LogP contribution in [0.2, 0.25) is 5.02 Å². The number of nitrogens with zero attached hydrogens (tertiary/aromatic N) is 4.